The number of halogens is 1. The molecule has 1 aromatic carbocycles. The zero-order valence-electron chi connectivity index (χ0n) is 9.48. The summed E-state index contributed by atoms with van der Waals surface area (Å²) in [6.07, 6.45) is 4.38. The van der Waals surface area contributed by atoms with E-state index in [1.54, 1.807) is 6.07 Å². The van der Waals surface area contributed by atoms with Crippen LogP contribution in [0.4, 0.5) is 5.69 Å². The molecule has 0 saturated carbocycles. The van der Waals surface area contributed by atoms with E-state index in [0.717, 1.165) is 0 Å². The first kappa shape index (κ1) is 14.0. The van der Waals surface area contributed by atoms with E-state index >= 15 is 0 Å². The number of nitrogen functional groups attached to an aromatic ring is 1. The first-order chi connectivity index (χ1) is 7.97. The van der Waals surface area contributed by atoms with Crippen LogP contribution in [-0.2, 0) is 10.0 Å². The number of allylic oxidation sites excluding steroid dienone is 1. The predicted octanol–water partition coefficient (Wildman–Crippen LogP) is 2.17. The second kappa shape index (κ2) is 6.05. The van der Waals surface area contributed by atoms with Crippen LogP contribution in [0.3, 0.4) is 0 Å². The Balaban J connectivity index is 2.86. The largest absolute Gasteiger partial charge is 0.399 e. The summed E-state index contributed by atoms with van der Waals surface area (Å²) in [6.45, 7) is 2.21. The van der Waals surface area contributed by atoms with Crippen molar-refractivity contribution in [2.75, 3.05) is 12.3 Å². The fourth-order valence-corrected chi connectivity index (χ4v) is 2.83. The number of nitrogens with two attached hydrogens (primary N) is 1. The van der Waals surface area contributed by atoms with Crippen LogP contribution in [0.1, 0.15) is 13.3 Å². The molecule has 0 saturated heterocycles. The summed E-state index contributed by atoms with van der Waals surface area (Å²) >= 11 is 5.83. The fourth-order valence-electron chi connectivity index (χ4n) is 1.25. The Morgan fingerprint density at radius 2 is 2.18 bits per heavy atom. The number of hydrogen-bond donors (Lipinski definition) is 2. The number of nitrogens with one attached hydrogen (secondary N) is 1. The van der Waals surface area contributed by atoms with E-state index in [4.69, 9.17) is 17.3 Å². The average Bonchev–Trinajstić information content (AvgIpc) is 2.28. The lowest BCUT2D eigenvalue weighted by Crippen LogP contribution is -2.24. The van der Waals surface area contributed by atoms with Crippen molar-refractivity contribution in [3.63, 3.8) is 0 Å². The number of hydrogen-bond acceptors (Lipinski definition) is 3. The molecular formula is C11H15ClN2O2S. The van der Waals surface area contributed by atoms with E-state index in [1.165, 1.54) is 12.1 Å². The van der Waals surface area contributed by atoms with Crippen LogP contribution < -0.4 is 10.5 Å². The Kier molecular flexibility index (Phi) is 4.99. The van der Waals surface area contributed by atoms with E-state index in [-0.39, 0.29) is 9.92 Å². The molecule has 1 aromatic rings. The molecule has 0 aromatic heterocycles. The molecule has 0 radical (unpaired) electrons. The van der Waals surface area contributed by atoms with Gasteiger partial charge in [0, 0.05) is 12.2 Å². The minimum absolute atomic E-state index is 0.0136. The molecule has 0 unspecified atom stereocenters. The van der Waals surface area contributed by atoms with E-state index in [9.17, 15) is 8.42 Å². The summed E-state index contributed by atoms with van der Waals surface area (Å²) in [4.78, 5) is 0.0136. The second-order valence-electron chi connectivity index (χ2n) is 3.45. The molecular weight excluding hydrogens is 260 g/mol. The lowest BCUT2D eigenvalue weighted by molar-refractivity contribution is 0.582. The zero-order valence-corrected chi connectivity index (χ0v) is 11.1. The first-order valence-corrected chi connectivity index (χ1v) is 6.99. The Hall–Kier alpha value is -1.04. The Morgan fingerprint density at radius 1 is 1.47 bits per heavy atom. The summed E-state index contributed by atoms with van der Waals surface area (Å²) in [5.74, 6) is 0. The van der Waals surface area contributed by atoms with E-state index in [2.05, 4.69) is 4.72 Å². The molecule has 1 rings (SSSR count). The van der Waals surface area contributed by atoms with Gasteiger partial charge in [-0.1, -0.05) is 23.8 Å². The molecule has 0 aliphatic heterocycles. The molecule has 17 heavy (non-hydrogen) atoms. The Bertz CT molecular complexity index is 512. The van der Waals surface area contributed by atoms with Crippen LogP contribution in [0.2, 0.25) is 5.02 Å². The van der Waals surface area contributed by atoms with Crippen LogP contribution in [0.5, 0.6) is 0 Å². The van der Waals surface area contributed by atoms with Crippen molar-refractivity contribution < 1.29 is 8.42 Å². The topological polar surface area (TPSA) is 72.2 Å². The molecule has 3 N–H and O–H groups in total. The summed E-state index contributed by atoms with van der Waals surface area (Å²) in [7, 11) is -3.59. The zero-order chi connectivity index (χ0) is 12.9. The molecule has 0 atom stereocenters. The third-order valence-electron chi connectivity index (χ3n) is 2.08. The highest BCUT2D eigenvalue weighted by Crippen LogP contribution is 2.23. The minimum Gasteiger partial charge on any atom is -0.399 e. The van der Waals surface area contributed by atoms with Crippen molar-refractivity contribution >= 4 is 27.3 Å². The van der Waals surface area contributed by atoms with Gasteiger partial charge in [0.25, 0.3) is 0 Å². The molecule has 6 heteroatoms. The molecule has 4 nitrogen and oxygen atoms in total. The fraction of sp³-hybridized carbons (Fsp3) is 0.273. The smallest absolute Gasteiger partial charge is 0.242 e. The van der Waals surface area contributed by atoms with Crippen LogP contribution in [0.25, 0.3) is 0 Å². The standard InChI is InChI=1S/C11H15ClN2O2S/c1-2-3-4-7-14-17(15,16)11-8-9(13)5-6-10(11)12/h2-3,5-6,8,14H,4,7,13H2,1H3/b3-2+. The predicted molar refractivity (Wildman–Crippen MR) is 70.5 cm³/mol. The normalized spacial score (nSPS) is 12.1. The number of sulfonamides is 1. The van der Waals surface area contributed by atoms with Crippen LogP contribution in [0, 0.1) is 0 Å². The van der Waals surface area contributed by atoms with Crippen LogP contribution in [-0.4, -0.2) is 15.0 Å². The molecule has 0 amide bonds. The van der Waals surface area contributed by atoms with Crippen LogP contribution >= 0.6 is 11.6 Å². The van der Waals surface area contributed by atoms with Crippen molar-refractivity contribution in [3.05, 3.63) is 35.4 Å². The van der Waals surface area contributed by atoms with Gasteiger partial charge in [-0.25, -0.2) is 13.1 Å². The van der Waals surface area contributed by atoms with Gasteiger partial charge in [-0.2, -0.15) is 0 Å². The average molecular weight is 275 g/mol. The van der Waals surface area contributed by atoms with Gasteiger partial charge in [0.15, 0.2) is 0 Å². The minimum atomic E-state index is -3.59. The van der Waals surface area contributed by atoms with Gasteiger partial charge in [0.05, 0.1) is 5.02 Å². The molecule has 0 bridgehead atoms. The lowest BCUT2D eigenvalue weighted by atomic mass is 10.3. The first-order valence-electron chi connectivity index (χ1n) is 5.13. The van der Waals surface area contributed by atoms with Gasteiger partial charge in [0.2, 0.25) is 10.0 Å². The van der Waals surface area contributed by atoms with Crippen molar-refractivity contribution in [1.82, 2.24) is 4.72 Å². The maximum atomic E-state index is 11.9. The monoisotopic (exact) mass is 274 g/mol. The van der Waals surface area contributed by atoms with Gasteiger partial charge in [-0.15, -0.1) is 0 Å². The highest BCUT2D eigenvalue weighted by atomic mass is 35.5. The molecule has 0 heterocycles. The number of anilines is 1. The van der Waals surface area contributed by atoms with Crippen molar-refractivity contribution in [1.29, 1.82) is 0 Å². The molecule has 0 aliphatic rings. The molecule has 0 spiro atoms. The third-order valence-corrected chi connectivity index (χ3v) is 4.03. The lowest BCUT2D eigenvalue weighted by Gasteiger charge is -2.08. The highest BCUT2D eigenvalue weighted by molar-refractivity contribution is 7.89. The quantitative estimate of drug-likeness (QED) is 0.491. The van der Waals surface area contributed by atoms with Gasteiger partial charge in [-0.05, 0) is 31.5 Å². The van der Waals surface area contributed by atoms with E-state index in [0.29, 0.717) is 18.7 Å². The molecule has 94 valence electrons. The van der Waals surface area contributed by atoms with Gasteiger partial charge >= 0.3 is 0 Å². The summed E-state index contributed by atoms with van der Waals surface area (Å²) < 4.78 is 26.2. The highest BCUT2D eigenvalue weighted by Gasteiger charge is 2.17. The number of benzene rings is 1. The molecule has 0 fully saturated rings. The maximum Gasteiger partial charge on any atom is 0.242 e. The van der Waals surface area contributed by atoms with E-state index in [1.807, 2.05) is 19.1 Å². The third kappa shape index (κ3) is 4.03. The summed E-state index contributed by atoms with van der Waals surface area (Å²) in [5, 5.41) is 0.165. The second-order valence-corrected chi connectivity index (χ2v) is 5.59. The van der Waals surface area contributed by atoms with E-state index < -0.39 is 10.0 Å². The maximum absolute atomic E-state index is 11.9. The van der Waals surface area contributed by atoms with Gasteiger partial charge in [0.1, 0.15) is 4.90 Å². The molecule has 0 aliphatic carbocycles. The van der Waals surface area contributed by atoms with Gasteiger partial charge < -0.3 is 5.73 Å². The van der Waals surface area contributed by atoms with Gasteiger partial charge in [-0.3, -0.25) is 0 Å². The summed E-state index contributed by atoms with van der Waals surface area (Å²) in [5.41, 5.74) is 5.90. The Morgan fingerprint density at radius 3 is 2.82 bits per heavy atom. The van der Waals surface area contributed by atoms with Crippen LogP contribution in [0.15, 0.2) is 35.2 Å². The number of rotatable bonds is 5. The van der Waals surface area contributed by atoms with Crippen molar-refractivity contribution in [3.8, 4) is 0 Å². The Labute approximate surface area is 107 Å². The SMILES string of the molecule is C/C=C/CCNS(=O)(=O)c1cc(N)ccc1Cl. The van der Waals surface area contributed by atoms with Crippen molar-refractivity contribution in [2.45, 2.75) is 18.2 Å². The summed E-state index contributed by atoms with van der Waals surface area (Å²) in [6, 6.07) is 4.37. The van der Waals surface area contributed by atoms with Crippen molar-refractivity contribution in [2.24, 2.45) is 0 Å².